The summed E-state index contributed by atoms with van der Waals surface area (Å²) in [5.74, 6) is 0. The molecule has 1 aliphatic rings. The molecule has 1 heterocycles. The lowest BCUT2D eigenvalue weighted by molar-refractivity contribution is 0.579. The minimum atomic E-state index is 0.377. The monoisotopic (exact) mass is 205 g/mol. The van der Waals surface area contributed by atoms with Crippen molar-refractivity contribution < 1.29 is 0 Å². The number of nitrogens with zero attached hydrogens (tertiary/aromatic N) is 2. The van der Waals surface area contributed by atoms with E-state index in [-0.39, 0.29) is 0 Å². The van der Waals surface area contributed by atoms with Gasteiger partial charge in [-0.15, -0.1) is 0 Å². The lowest BCUT2D eigenvalue weighted by Gasteiger charge is -2.18. The van der Waals surface area contributed by atoms with E-state index < -0.39 is 0 Å². The highest BCUT2D eigenvalue weighted by atomic mass is 15.3. The van der Waals surface area contributed by atoms with Crippen molar-refractivity contribution >= 4 is 0 Å². The fourth-order valence-corrected chi connectivity index (χ4v) is 2.13. The first-order chi connectivity index (χ1) is 7.15. The van der Waals surface area contributed by atoms with E-state index in [2.05, 4.69) is 17.2 Å². The predicted octanol–water partition coefficient (Wildman–Crippen LogP) is 1.71. The van der Waals surface area contributed by atoms with Gasteiger partial charge in [-0.1, -0.05) is 11.6 Å². The van der Waals surface area contributed by atoms with E-state index in [1.54, 1.807) is 0 Å². The van der Waals surface area contributed by atoms with E-state index in [0.29, 0.717) is 6.04 Å². The quantitative estimate of drug-likeness (QED) is 0.747. The standard InChI is InChI=1S/C12H19N3/c1-9-7-12(15(2)14-9)8-10-3-5-11(13)6-4-10/h3,7,11H,4-6,8,13H2,1-2H3. The average Bonchev–Trinajstić information content (AvgIpc) is 2.49. The second-order valence-corrected chi connectivity index (χ2v) is 4.47. The Hall–Kier alpha value is -1.09. The van der Waals surface area contributed by atoms with Crippen molar-refractivity contribution in [2.24, 2.45) is 12.8 Å². The maximum Gasteiger partial charge on any atom is 0.0596 e. The van der Waals surface area contributed by atoms with Gasteiger partial charge in [0.15, 0.2) is 0 Å². The maximum absolute atomic E-state index is 5.86. The Morgan fingerprint density at radius 1 is 1.60 bits per heavy atom. The van der Waals surface area contributed by atoms with Gasteiger partial charge in [-0.25, -0.2) is 0 Å². The van der Waals surface area contributed by atoms with Crippen molar-refractivity contribution in [2.75, 3.05) is 0 Å². The third-order valence-corrected chi connectivity index (χ3v) is 3.05. The molecule has 0 fully saturated rings. The number of hydrogen-bond donors (Lipinski definition) is 1. The first-order valence-electron chi connectivity index (χ1n) is 5.58. The number of hydrogen-bond acceptors (Lipinski definition) is 2. The molecule has 1 unspecified atom stereocenters. The zero-order valence-electron chi connectivity index (χ0n) is 9.53. The number of nitrogens with two attached hydrogens (primary N) is 1. The van der Waals surface area contributed by atoms with Crippen LogP contribution in [0.5, 0.6) is 0 Å². The lowest BCUT2D eigenvalue weighted by atomic mass is 9.93. The highest BCUT2D eigenvalue weighted by Crippen LogP contribution is 2.20. The number of allylic oxidation sites excluding steroid dienone is 1. The molecule has 0 amide bonds. The minimum absolute atomic E-state index is 0.377. The smallest absolute Gasteiger partial charge is 0.0596 e. The van der Waals surface area contributed by atoms with Crippen LogP contribution in [0.25, 0.3) is 0 Å². The summed E-state index contributed by atoms with van der Waals surface area (Å²) in [5.41, 5.74) is 9.77. The summed E-state index contributed by atoms with van der Waals surface area (Å²) in [5, 5.41) is 4.36. The van der Waals surface area contributed by atoms with Gasteiger partial charge in [0, 0.05) is 25.2 Å². The van der Waals surface area contributed by atoms with E-state index in [4.69, 9.17) is 5.73 Å². The Bertz CT molecular complexity index is 376. The molecule has 0 aliphatic heterocycles. The molecule has 1 atom stereocenters. The molecule has 3 heteroatoms. The second kappa shape index (κ2) is 4.19. The summed E-state index contributed by atoms with van der Waals surface area (Å²) in [7, 11) is 2.01. The van der Waals surface area contributed by atoms with Crippen molar-refractivity contribution in [1.29, 1.82) is 0 Å². The third-order valence-electron chi connectivity index (χ3n) is 3.05. The molecule has 1 aliphatic carbocycles. The summed E-state index contributed by atoms with van der Waals surface area (Å²) in [4.78, 5) is 0. The molecule has 0 saturated heterocycles. The molecule has 1 aromatic heterocycles. The highest BCUT2D eigenvalue weighted by molar-refractivity contribution is 5.19. The Morgan fingerprint density at radius 3 is 2.93 bits per heavy atom. The zero-order valence-corrected chi connectivity index (χ0v) is 9.53. The van der Waals surface area contributed by atoms with Gasteiger partial charge in [0.25, 0.3) is 0 Å². The average molecular weight is 205 g/mol. The molecule has 0 spiro atoms. The zero-order chi connectivity index (χ0) is 10.8. The van der Waals surface area contributed by atoms with Crippen LogP contribution >= 0.6 is 0 Å². The third kappa shape index (κ3) is 2.48. The Balaban J connectivity index is 2.06. The molecular formula is C12H19N3. The lowest BCUT2D eigenvalue weighted by Crippen LogP contribution is -2.22. The van der Waals surface area contributed by atoms with Crippen molar-refractivity contribution in [1.82, 2.24) is 9.78 Å². The van der Waals surface area contributed by atoms with Gasteiger partial charge in [0.1, 0.15) is 0 Å². The van der Waals surface area contributed by atoms with Gasteiger partial charge >= 0.3 is 0 Å². The van der Waals surface area contributed by atoms with E-state index >= 15 is 0 Å². The van der Waals surface area contributed by atoms with Gasteiger partial charge in [0.05, 0.1) is 5.69 Å². The van der Waals surface area contributed by atoms with Crippen LogP contribution in [-0.2, 0) is 13.5 Å². The molecule has 0 aromatic carbocycles. The summed E-state index contributed by atoms with van der Waals surface area (Å²) in [6.45, 7) is 2.04. The minimum Gasteiger partial charge on any atom is -0.327 e. The molecule has 1 aromatic rings. The Labute approximate surface area is 91.0 Å². The van der Waals surface area contributed by atoms with Crippen LogP contribution in [0, 0.1) is 6.92 Å². The number of aromatic nitrogens is 2. The Morgan fingerprint density at radius 2 is 2.40 bits per heavy atom. The first kappa shape index (κ1) is 10.4. The van der Waals surface area contributed by atoms with E-state index in [1.165, 1.54) is 11.3 Å². The largest absolute Gasteiger partial charge is 0.327 e. The topological polar surface area (TPSA) is 43.8 Å². The van der Waals surface area contributed by atoms with Crippen molar-refractivity contribution in [3.8, 4) is 0 Å². The van der Waals surface area contributed by atoms with Crippen molar-refractivity contribution in [2.45, 2.75) is 38.6 Å². The van der Waals surface area contributed by atoms with Crippen LogP contribution in [0.3, 0.4) is 0 Å². The first-order valence-corrected chi connectivity index (χ1v) is 5.58. The van der Waals surface area contributed by atoms with Crippen molar-refractivity contribution in [3.63, 3.8) is 0 Å². The number of aryl methyl sites for hydroxylation is 2. The van der Waals surface area contributed by atoms with Gasteiger partial charge in [-0.2, -0.15) is 5.10 Å². The van der Waals surface area contributed by atoms with E-state index in [0.717, 1.165) is 31.4 Å². The van der Waals surface area contributed by atoms with Gasteiger partial charge < -0.3 is 5.73 Å². The van der Waals surface area contributed by atoms with Gasteiger partial charge in [0.2, 0.25) is 0 Å². The summed E-state index contributed by atoms with van der Waals surface area (Å²) in [6.07, 6.45) is 6.64. The molecule has 3 nitrogen and oxygen atoms in total. The molecule has 15 heavy (non-hydrogen) atoms. The molecular weight excluding hydrogens is 186 g/mol. The highest BCUT2D eigenvalue weighted by Gasteiger charge is 2.12. The van der Waals surface area contributed by atoms with Crippen LogP contribution in [0.4, 0.5) is 0 Å². The normalized spacial score (nSPS) is 21.5. The fraction of sp³-hybridized carbons (Fsp3) is 0.583. The number of rotatable bonds is 2. The van der Waals surface area contributed by atoms with E-state index in [1.807, 2.05) is 18.7 Å². The van der Waals surface area contributed by atoms with Crippen LogP contribution in [0.1, 0.15) is 30.7 Å². The fourth-order valence-electron chi connectivity index (χ4n) is 2.13. The molecule has 0 radical (unpaired) electrons. The van der Waals surface area contributed by atoms with Gasteiger partial charge in [-0.05, 0) is 32.3 Å². The van der Waals surface area contributed by atoms with Crippen LogP contribution in [0.15, 0.2) is 17.7 Å². The maximum atomic E-state index is 5.86. The van der Waals surface area contributed by atoms with E-state index in [9.17, 15) is 0 Å². The molecule has 0 bridgehead atoms. The van der Waals surface area contributed by atoms with Crippen LogP contribution in [0.2, 0.25) is 0 Å². The molecule has 2 N–H and O–H groups in total. The van der Waals surface area contributed by atoms with Gasteiger partial charge in [-0.3, -0.25) is 4.68 Å². The second-order valence-electron chi connectivity index (χ2n) is 4.47. The SMILES string of the molecule is Cc1cc(CC2=CCC(N)CC2)n(C)n1. The van der Waals surface area contributed by atoms with Crippen LogP contribution < -0.4 is 5.73 Å². The van der Waals surface area contributed by atoms with Crippen LogP contribution in [-0.4, -0.2) is 15.8 Å². The molecule has 0 saturated carbocycles. The summed E-state index contributed by atoms with van der Waals surface area (Å²) >= 11 is 0. The summed E-state index contributed by atoms with van der Waals surface area (Å²) < 4.78 is 1.98. The van der Waals surface area contributed by atoms with Crippen molar-refractivity contribution in [3.05, 3.63) is 29.1 Å². The summed E-state index contributed by atoms with van der Waals surface area (Å²) in [6, 6.07) is 2.54. The molecule has 2 rings (SSSR count). The Kier molecular flexibility index (Phi) is 2.91. The molecule has 82 valence electrons. The predicted molar refractivity (Wildman–Crippen MR) is 61.6 cm³/mol.